The lowest BCUT2D eigenvalue weighted by atomic mass is 9.96. The molecule has 6 rings (SSSR count). The molecule has 0 atom stereocenters. The lowest BCUT2D eigenvalue weighted by Crippen LogP contribution is -2.23. The Labute approximate surface area is 172 Å². The topological polar surface area (TPSA) is 93.0 Å². The second-order valence-electron chi connectivity index (χ2n) is 7.87. The van der Waals surface area contributed by atoms with Crippen LogP contribution in [0, 0.1) is 0 Å². The first-order valence-corrected chi connectivity index (χ1v) is 11.8. The van der Waals surface area contributed by atoms with Crippen LogP contribution in [-0.4, -0.2) is 44.5 Å². The first-order chi connectivity index (χ1) is 14.6. The quantitative estimate of drug-likeness (QED) is 0.473. The normalized spacial score (nSPS) is 17.2. The molecule has 0 aliphatic carbocycles. The molecular weight excluding hydrogens is 398 g/mol. The minimum Gasteiger partial charge on any atom is -0.346 e. The number of aromatic nitrogens is 5. The van der Waals surface area contributed by atoms with E-state index >= 15 is 0 Å². The van der Waals surface area contributed by atoms with Crippen LogP contribution in [0.15, 0.2) is 55.0 Å². The molecule has 5 heterocycles. The van der Waals surface area contributed by atoms with Crippen molar-refractivity contribution in [2.24, 2.45) is 0 Å². The largest absolute Gasteiger partial charge is 0.346 e. The van der Waals surface area contributed by atoms with E-state index in [1.165, 1.54) is 0 Å². The van der Waals surface area contributed by atoms with E-state index in [0.717, 1.165) is 44.4 Å². The second-order valence-corrected chi connectivity index (χ2v) is 10.2. The number of hydrogen-bond donors (Lipinski definition) is 1. The number of fused-ring (bicyclic) bond motifs is 4. The first-order valence-electron chi connectivity index (χ1n) is 9.99. The number of nitrogens with zero attached hydrogens (tertiary/aromatic N) is 4. The Morgan fingerprint density at radius 3 is 2.77 bits per heavy atom. The summed E-state index contributed by atoms with van der Waals surface area (Å²) < 4.78 is 25.6. The highest BCUT2D eigenvalue weighted by Gasteiger charge is 2.28. The van der Waals surface area contributed by atoms with Gasteiger partial charge in [0.1, 0.15) is 15.5 Å². The summed E-state index contributed by atoms with van der Waals surface area (Å²) in [6, 6.07) is 12.1. The van der Waals surface area contributed by atoms with E-state index in [2.05, 4.69) is 21.1 Å². The maximum absolute atomic E-state index is 11.9. The van der Waals surface area contributed by atoms with Crippen LogP contribution in [0.1, 0.15) is 24.5 Å². The molecule has 0 bridgehead atoms. The molecule has 4 aromatic heterocycles. The van der Waals surface area contributed by atoms with Gasteiger partial charge in [0, 0.05) is 40.2 Å². The van der Waals surface area contributed by atoms with E-state index < -0.39 is 9.84 Å². The zero-order chi connectivity index (χ0) is 20.3. The molecule has 1 fully saturated rings. The Kier molecular flexibility index (Phi) is 3.73. The van der Waals surface area contributed by atoms with Crippen molar-refractivity contribution in [1.29, 1.82) is 0 Å². The molecule has 1 aliphatic heterocycles. The summed E-state index contributed by atoms with van der Waals surface area (Å²) in [4.78, 5) is 12.9. The number of benzene rings is 1. The molecule has 1 N–H and O–H groups in total. The maximum Gasteiger partial charge on any atom is 0.165 e. The number of hydrogen-bond acceptors (Lipinski definition) is 5. The molecule has 1 aromatic carbocycles. The molecule has 30 heavy (non-hydrogen) atoms. The van der Waals surface area contributed by atoms with Crippen molar-refractivity contribution in [2.45, 2.75) is 18.8 Å². The molecule has 0 spiro atoms. The average molecular weight is 417 g/mol. The first kappa shape index (κ1) is 17.6. The van der Waals surface area contributed by atoms with Crippen LogP contribution in [0.4, 0.5) is 0 Å². The fraction of sp³-hybridized carbons (Fsp3) is 0.227. The number of aromatic amines is 1. The molecule has 5 aromatic rings. The van der Waals surface area contributed by atoms with Crippen LogP contribution in [-0.2, 0) is 9.84 Å². The molecule has 0 radical (unpaired) electrons. The van der Waals surface area contributed by atoms with Crippen molar-refractivity contribution >= 4 is 37.4 Å². The molecule has 0 unspecified atom stereocenters. The predicted octanol–water partition coefficient (Wildman–Crippen LogP) is 3.72. The van der Waals surface area contributed by atoms with Crippen LogP contribution in [0.3, 0.4) is 0 Å². The molecular formula is C22H19N5O2S. The smallest absolute Gasteiger partial charge is 0.165 e. The van der Waals surface area contributed by atoms with Gasteiger partial charge in [0.15, 0.2) is 5.65 Å². The molecule has 150 valence electrons. The van der Waals surface area contributed by atoms with E-state index in [1.54, 1.807) is 0 Å². The van der Waals surface area contributed by atoms with Crippen LogP contribution >= 0.6 is 0 Å². The fourth-order valence-electron chi connectivity index (χ4n) is 4.43. The van der Waals surface area contributed by atoms with E-state index in [-0.39, 0.29) is 17.4 Å². The number of pyridine rings is 1. The maximum atomic E-state index is 11.9. The summed E-state index contributed by atoms with van der Waals surface area (Å²) in [6.07, 6.45) is 6.77. The SMILES string of the molecule is O=S1(=O)CCC(c2nc3c(-c4cnc5ccccc5c4)cnn3c3[nH]ccc23)CC1. The van der Waals surface area contributed by atoms with Crippen LogP contribution in [0.5, 0.6) is 0 Å². The van der Waals surface area contributed by atoms with Gasteiger partial charge in [0.25, 0.3) is 0 Å². The molecule has 7 nitrogen and oxygen atoms in total. The van der Waals surface area contributed by atoms with E-state index in [1.807, 2.05) is 53.4 Å². The van der Waals surface area contributed by atoms with Crippen molar-refractivity contribution in [1.82, 2.24) is 24.6 Å². The van der Waals surface area contributed by atoms with E-state index in [0.29, 0.717) is 12.8 Å². The molecule has 1 saturated heterocycles. The number of sulfone groups is 1. The highest BCUT2D eigenvalue weighted by Crippen LogP contribution is 2.35. The molecule has 0 saturated carbocycles. The molecule has 0 amide bonds. The Bertz CT molecular complexity index is 1520. The van der Waals surface area contributed by atoms with Crippen molar-refractivity contribution in [2.75, 3.05) is 11.5 Å². The van der Waals surface area contributed by atoms with Crippen LogP contribution in [0.2, 0.25) is 0 Å². The van der Waals surface area contributed by atoms with Crippen molar-refractivity contribution in [3.05, 3.63) is 60.7 Å². The van der Waals surface area contributed by atoms with Crippen LogP contribution < -0.4 is 0 Å². The summed E-state index contributed by atoms with van der Waals surface area (Å²) in [5.41, 5.74) is 5.40. The summed E-state index contributed by atoms with van der Waals surface area (Å²) in [7, 11) is -2.93. The average Bonchev–Trinajstić information content (AvgIpc) is 3.40. The summed E-state index contributed by atoms with van der Waals surface area (Å²) in [6.45, 7) is 0. The minimum absolute atomic E-state index is 0.120. The summed E-state index contributed by atoms with van der Waals surface area (Å²) in [5.74, 6) is 0.559. The predicted molar refractivity (Wildman–Crippen MR) is 116 cm³/mol. The number of rotatable bonds is 2. The summed E-state index contributed by atoms with van der Waals surface area (Å²) in [5, 5.41) is 6.65. The van der Waals surface area contributed by atoms with Gasteiger partial charge < -0.3 is 4.98 Å². The summed E-state index contributed by atoms with van der Waals surface area (Å²) >= 11 is 0. The van der Waals surface area contributed by atoms with E-state index in [9.17, 15) is 8.42 Å². The van der Waals surface area contributed by atoms with Gasteiger partial charge in [-0.1, -0.05) is 18.2 Å². The van der Waals surface area contributed by atoms with Gasteiger partial charge in [0.05, 0.1) is 28.9 Å². The Morgan fingerprint density at radius 1 is 1.07 bits per heavy atom. The Hall–Kier alpha value is -3.26. The monoisotopic (exact) mass is 417 g/mol. The standard InChI is InChI=1S/C22H19N5O2S/c28-30(29)9-6-14(7-10-30)20-17-5-8-23-21(17)27-22(26-20)18(13-25-27)16-11-15-3-1-2-4-19(15)24-12-16/h1-5,8,11-14,23H,6-7,9-10H2. The highest BCUT2D eigenvalue weighted by molar-refractivity contribution is 7.91. The van der Waals surface area contributed by atoms with E-state index in [4.69, 9.17) is 4.98 Å². The van der Waals surface area contributed by atoms with Gasteiger partial charge in [-0.3, -0.25) is 4.98 Å². The lowest BCUT2D eigenvalue weighted by Gasteiger charge is -2.22. The van der Waals surface area contributed by atoms with Gasteiger partial charge in [-0.2, -0.15) is 9.61 Å². The van der Waals surface area contributed by atoms with Crippen LogP contribution in [0.25, 0.3) is 38.7 Å². The fourth-order valence-corrected chi connectivity index (χ4v) is 5.92. The minimum atomic E-state index is -2.93. The van der Waals surface area contributed by atoms with Gasteiger partial charge in [0.2, 0.25) is 0 Å². The third kappa shape index (κ3) is 2.71. The van der Waals surface area contributed by atoms with Gasteiger partial charge in [-0.15, -0.1) is 0 Å². The van der Waals surface area contributed by atoms with Gasteiger partial charge in [-0.05, 0) is 31.0 Å². The molecule has 8 heteroatoms. The third-order valence-electron chi connectivity index (χ3n) is 6.03. The number of H-pyrrole nitrogens is 1. The number of nitrogens with one attached hydrogen (secondary N) is 1. The van der Waals surface area contributed by atoms with Crippen molar-refractivity contribution in [3.63, 3.8) is 0 Å². The Balaban J connectivity index is 1.55. The lowest BCUT2D eigenvalue weighted by molar-refractivity contribution is 0.546. The molecule has 1 aliphatic rings. The third-order valence-corrected chi connectivity index (χ3v) is 7.74. The Morgan fingerprint density at radius 2 is 1.90 bits per heavy atom. The second kappa shape index (κ2) is 6.37. The van der Waals surface area contributed by atoms with Gasteiger partial charge >= 0.3 is 0 Å². The highest BCUT2D eigenvalue weighted by atomic mass is 32.2. The van der Waals surface area contributed by atoms with Crippen molar-refractivity contribution < 1.29 is 8.42 Å². The zero-order valence-electron chi connectivity index (χ0n) is 16.1. The van der Waals surface area contributed by atoms with Crippen molar-refractivity contribution in [3.8, 4) is 11.1 Å². The van der Waals surface area contributed by atoms with Gasteiger partial charge in [-0.25, -0.2) is 13.4 Å². The zero-order valence-corrected chi connectivity index (χ0v) is 16.9. The number of para-hydroxylation sites is 1.